The van der Waals surface area contributed by atoms with Gasteiger partial charge in [-0.1, -0.05) is 12.1 Å². The van der Waals surface area contributed by atoms with E-state index < -0.39 is 0 Å². The van der Waals surface area contributed by atoms with Gasteiger partial charge in [-0.25, -0.2) is 4.98 Å². The number of anilines is 1. The van der Waals surface area contributed by atoms with Crippen LogP contribution in [0.1, 0.15) is 5.56 Å². The highest BCUT2D eigenvalue weighted by molar-refractivity contribution is 5.50. The van der Waals surface area contributed by atoms with Gasteiger partial charge < -0.3 is 14.8 Å². The fourth-order valence-corrected chi connectivity index (χ4v) is 2.27. The van der Waals surface area contributed by atoms with Gasteiger partial charge in [-0.2, -0.15) is 0 Å². The van der Waals surface area contributed by atoms with E-state index in [-0.39, 0.29) is 0 Å². The van der Waals surface area contributed by atoms with E-state index in [1.54, 1.807) is 20.4 Å². The lowest BCUT2D eigenvalue weighted by Crippen LogP contribution is -2.04. The van der Waals surface area contributed by atoms with Gasteiger partial charge in [-0.05, 0) is 29.8 Å². The van der Waals surface area contributed by atoms with E-state index in [0.717, 1.165) is 28.5 Å². The average molecular weight is 283 g/mol. The van der Waals surface area contributed by atoms with Crippen molar-refractivity contribution in [2.45, 2.75) is 6.54 Å². The fourth-order valence-electron chi connectivity index (χ4n) is 2.27. The van der Waals surface area contributed by atoms with Crippen LogP contribution < -0.4 is 14.8 Å². The number of nitrogens with zero attached hydrogens (tertiary/aromatic N) is 2. The fraction of sp³-hybridized carbons (Fsp3) is 0.188. The standard InChI is InChI=1S/C16H17N3O2/c1-20-13-7-6-12(10-14(13)21-2)11-18-16-5-3-4-15-17-8-9-19(15)16/h3-10,18H,11H2,1-2H3. The molecule has 0 aliphatic heterocycles. The maximum Gasteiger partial charge on any atom is 0.161 e. The first-order valence-electron chi connectivity index (χ1n) is 6.68. The number of ether oxygens (including phenoxy) is 2. The Morgan fingerprint density at radius 2 is 1.95 bits per heavy atom. The number of methoxy groups -OCH3 is 2. The summed E-state index contributed by atoms with van der Waals surface area (Å²) in [7, 11) is 3.27. The van der Waals surface area contributed by atoms with E-state index in [1.807, 2.05) is 47.0 Å². The van der Waals surface area contributed by atoms with Gasteiger partial charge in [0.2, 0.25) is 0 Å². The third-order valence-electron chi connectivity index (χ3n) is 3.35. The van der Waals surface area contributed by atoms with E-state index >= 15 is 0 Å². The largest absolute Gasteiger partial charge is 0.493 e. The summed E-state index contributed by atoms with van der Waals surface area (Å²) in [6.45, 7) is 0.692. The van der Waals surface area contributed by atoms with E-state index in [0.29, 0.717) is 6.54 Å². The summed E-state index contributed by atoms with van der Waals surface area (Å²) in [5, 5.41) is 3.41. The molecule has 5 nitrogen and oxygen atoms in total. The summed E-state index contributed by atoms with van der Waals surface area (Å²) in [4.78, 5) is 4.27. The van der Waals surface area contributed by atoms with Crippen molar-refractivity contribution in [3.63, 3.8) is 0 Å². The SMILES string of the molecule is COc1ccc(CNc2cccc3nccn23)cc1OC. The van der Waals surface area contributed by atoms with Crippen molar-refractivity contribution in [3.05, 3.63) is 54.4 Å². The second-order valence-corrected chi connectivity index (χ2v) is 4.61. The van der Waals surface area contributed by atoms with Crippen molar-refractivity contribution in [2.24, 2.45) is 0 Å². The van der Waals surface area contributed by atoms with Crippen LogP contribution in [0.3, 0.4) is 0 Å². The average Bonchev–Trinajstić information content (AvgIpc) is 3.01. The molecule has 0 saturated heterocycles. The van der Waals surface area contributed by atoms with Gasteiger partial charge in [0, 0.05) is 18.9 Å². The normalized spacial score (nSPS) is 10.6. The number of benzene rings is 1. The van der Waals surface area contributed by atoms with Crippen LogP contribution in [0, 0.1) is 0 Å². The Labute approximate surface area is 123 Å². The van der Waals surface area contributed by atoms with Gasteiger partial charge in [-0.15, -0.1) is 0 Å². The Morgan fingerprint density at radius 1 is 1.10 bits per heavy atom. The lowest BCUT2D eigenvalue weighted by molar-refractivity contribution is 0.354. The summed E-state index contributed by atoms with van der Waals surface area (Å²) in [6, 6.07) is 11.9. The van der Waals surface area contributed by atoms with E-state index in [2.05, 4.69) is 10.3 Å². The molecule has 0 radical (unpaired) electrons. The molecular formula is C16H17N3O2. The number of hydrogen-bond donors (Lipinski definition) is 1. The van der Waals surface area contributed by atoms with Crippen molar-refractivity contribution in [1.82, 2.24) is 9.38 Å². The van der Waals surface area contributed by atoms with E-state index in [4.69, 9.17) is 9.47 Å². The summed E-state index contributed by atoms with van der Waals surface area (Å²) in [5.41, 5.74) is 2.04. The summed E-state index contributed by atoms with van der Waals surface area (Å²) < 4.78 is 12.6. The van der Waals surface area contributed by atoms with Crippen molar-refractivity contribution >= 4 is 11.5 Å². The van der Waals surface area contributed by atoms with Crippen LogP contribution in [0.15, 0.2) is 48.8 Å². The number of hydrogen-bond acceptors (Lipinski definition) is 4. The maximum absolute atomic E-state index is 5.32. The Morgan fingerprint density at radius 3 is 2.76 bits per heavy atom. The minimum absolute atomic E-state index is 0.692. The topological polar surface area (TPSA) is 47.8 Å². The molecule has 0 atom stereocenters. The lowest BCUT2D eigenvalue weighted by Gasteiger charge is -2.12. The first-order chi connectivity index (χ1) is 10.3. The Hall–Kier alpha value is -2.69. The zero-order chi connectivity index (χ0) is 14.7. The number of aromatic nitrogens is 2. The molecule has 2 aromatic heterocycles. The number of pyridine rings is 1. The van der Waals surface area contributed by atoms with Crippen LogP contribution in [0.2, 0.25) is 0 Å². The van der Waals surface area contributed by atoms with E-state index in [9.17, 15) is 0 Å². The quantitative estimate of drug-likeness (QED) is 0.782. The molecule has 0 amide bonds. The molecule has 108 valence electrons. The van der Waals surface area contributed by atoms with Gasteiger partial charge in [0.15, 0.2) is 11.5 Å². The molecule has 0 aliphatic rings. The molecule has 0 fully saturated rings. The predicted octanol–water partition coefficient (Wildman–Crippen LogP) is 2.96. The molecule has 3 aromatic rings. The molecule has 0 spiro atoms. The summed E-state index contributed by atoms with van der Waals surface area (Å²) in [6.07, 6.45) is 3.73. The molecule has 3 rings (SSSR count). The van der Waals surface area contributed by atoms with Crippen LogP contribution in [0.25, 0.3) is 5.65 Å². The highest BCUT2D eigenvalue weighted by atomic mass is 16.5. The van der Waals surface area contributed by atoms with Crippen molar-refractivity contribution < 1.29 is 9.47 Å². The van der Waals surface area contributed by atoms with E-state index in [1.165, 1.54) is 0 Å². The number of imidazole rings is 1. The highest BCUT2D eigenvalue weighted by Gasteiger charge is 2.05. The van der Waals surface area contributed by atoms with Crippen LogP contribution in [-0.2, 0) is 6.54 Å². The molecule has 0 aliphatic carbocycles. The number of fused-ring (bicyclic) bond motifs is 1. The maximum atomic E-state index is 5.32. The third kappa shape index (κ3) is 2.63. The second kappa shape index (κ2) is 5.75. The molecule has 1 N–H and O–H groups in total. The van der Waals surface area contributed by atoms with Gasteiger partial charge in [0.05, 0.1) is 14.2 Å². The minimum Gasteiger partial charge on any atom is -0.493 e. The molecule has 2 heterocycles. The monoisotopic (exact) mass is 283 g/mol. The Bertz CT molecular complexity index is 752. The number of nitrogens with one attached hydrogen (secondary N) is 1. The van der Waals surface area contributed by atoms with Crippen LogP contribution in [-0.4, -0.2) is 23.6 Å². The van der Waals surface area contributed by atoms with Gasteiger partial charge in [0.25, 0.3) is 0 Å². The smallest absolute Gasteiger partial charge is 0.161 e. The Kier molecular flexibility index (Phi) is 3.64. The van der Waals surface area contributed by atoms with Gasteiger partial charge in [0.1, 0.15) is 11.5 Å². The zero-order valence-electron chi connectivity index (χ0n) is 12.0. The molecule has 0 unspecified atom stereocenters. The molecule has 5 heteroatoms. The first-order valence-corrected chi connectivity index (χ1v) is 6.68. The van der Waals surface area contributed by atoms with Gasteiger partial charge in [-0.3, -0.25) is 4.40 Å². The molecule has 21 heavy (non-hydrogen) atoms. The van der Waals surface area contributed by atoms with Gasteiger partial charge >= 0.3 is 0 Å². The molecule has 1 aromatic carbocycles. The summed E-state index contributed by atoms with van der Waals surface area (Å²) >= 11 is 0. The predicted molar refractivity (Wildman–Crippen MR) is 82.1 cm³/mol. The lowest BCUT2D eigenvalue weighted by atomic mass is 10.2. The highest BCUT2D eigenvalue weighted by Crippen LogP contribution is 2.27. The van der Waals surface area contributed by atoms with Crippen molar-refractivity contribution in [1.29, 1.82) is 0 Å². The van der Waals surface area contributed by atoms with Crippen LogP contribution in [0.4, 0.5) is 5.82 Å². The molecule has 0 bridgehead atoms. The minimum atomic E-state index is 0.692. The number of rotatable bonds is 5. The Balaban J connectivity index is 1.80. The van der Waals surface area contributed by atoms with Crippen molar-refractivity contribution in [3.8, 4) is 11.5 Å². The third-order valence-corrected chi connectivity index (χ3v) is 3.35. The molecule has 0 saturated carbocycles. The second-order valence-electron chi connectivity index (χ2n) is 4.61. The van der Waals surface area contributed by atoms with Crippen LogP contribution in [0.5, 0.6) is 11.5 Å². The van der Waals surface area contributed by atoms with Crippen LogP contribution >= 0.6 is 0 Å². The van der Waals surface area contributed by atoms with Crippen molar-refractivity contribution in [2.75, 3.05) is 19.5 Å². The summed E-state index contributed by atoms with van der Waals surface area (Å²) in [5.74, 6) is 2.47. The molecular weight excluding hydrogens is 266 g/mol. The zero-order valence-corrected chi connectivity index (χ0v) is 12.0. The first kappa shape index (κ1) is 13.3.